The predicted octanol–water partition coefficient (Wildman–Crippen LogP) is 6.03. The first kappa shape index (κ1) is 28.8. The number of ether oxygens (including phenoxy) is 4. The number of methoxy groups -OCH3 is 4. The van der Waals surface area contributed by atoms with Crippen LogP contribution >= 0.6 is 0 Å². The SMILES string of the molecule is COc1ccc([C@H]2CC(=O)C3=C(C2)NC(C)=C(C(=O)Nc2ccc(C)cc2)[C@@H]3c2cccc(OC)c2OC)cc1OC. The van der Waals surface area contributed by atoms with Gasteiger partial charge < -0.3 is 29.6 Å². The molecule has 8 heteroatoms. The molecule has 8 nitrogen and oxygen atoms in total. The van der Waals surface area contributed by atoms with E-state index in [4.69, 9.17) is 18.9 Å². The highest BCUT2D eigenvalue weighted by molar-refractivity contribution is 6.10. The van der Waals surface area contributed by atoms with Gasteiger partial charge in [-0.1, -0.05) is 35.9 Å². The molecule has 2 aliphatic rings. The molecule has 0 aromatic heterocycles. The standard InChI is InChI=1S/C34H36N2O6/c1-19-10-13-23(14-11-19)36-34(38)30-20(2)35-25-16-22(21-12-15-27(39-3)29(18-21)41-5)17-26(37)32(25)31(30)24-8-7-9-28(40-4)33(24)42-6/h7-15,18,22,31,35H,16-17H2,1-6H3,(H,36,38)/t22-,31+/m1/s1. The van der Waals surface area contributed by atoms with Crippen molar-refractivity contribution in [2.75, 3.05) is 33.8 Å². The summed E-state index contributed by atoms with van der Waals surface area (Å²) >= 11 is 0. The average Bonchev–Trinajstić information content (AvgIpc) is 3.00. The monoisotopic (exact) mass is 568 g/mol. The van der Waals surface area contributed by atoms with Crippen LogP contribution in [0.1, 0.15) is 48.3 Å². The third kappa shape index (κ3) is 5.32. The number of para-hydroxylation sites is 1. The van der Waals surface area contributed by atoms with Gasteiger partial charge >= 0.3 is 0 Å². The van der Waals surface area contributed by atoms with Crippen molar-refractivity contribution in [2.24, 2.45) is 0 Å². The second kappa shape index (κ2) is 12.0. The number of hydrogen-bond donors (Lipinski definition) is 2. The minimum absolute atomic E-state index is 0.0356. The Morgan fingerprint density at radius 2 is 1.55 bits per heavy atom. The van der Waals surface area contributed by atoms with Crippen LogP contribution in [-0.2, 0) is 9.59 Å². The van der Waals surface area contributed by atoms with Crippen LogP contribution in [0.15, 0.2) is 83.2 Å². The van der Waals surface area contributed by atoms with Gasteiger partial charge in [0.05, 0.1) is 34.4 Å². The van der Waals surface area contributed by atoms with E-state index in [0.717, 1.165) is 16.8 Å². The topological polar surface area (TPSA) is 95.1 Å². The van der Waals surface area contributed by atoms with Crippen molar-refractivity contribution in [1.82, 2.24) is 5.32 Å². The number of carbonyl (C=O) groups excluding carboxylic acids is 2. The summed E-state index contributed by atoms with van der Waals surface area (Å²) in [7, 11) is 6.33. The third-order valence-corrected chi connectivity index (χ3v) is 8.01. The van der Waals surface area contributed by atoms with Crippen LogP contribution in [-0.4, -0.2) is 40.1 Å². The number of aryl methyl sites for hydroxylation is 1. The second-order valence-corrected chi connectivity index (χ2v) is 10.5. The minimum atomic E-state index is -0.657. The molecule has 1 aliphatic heterocycles. The smallest absolute Gasteiger partial charge is 0.254 e. The van der Waals surface area contributed by atoms with E-state index in [1.807, 2.05) is 68.4 Å². The van der Waals surface area contributed by atoms with Crippen LogP contribution in [0.25, 0.3) is 0 Å². The van der Waals surface area contributed by atoms with Crippen LogP contribution in [0, 0.1) is 6.92 Å². The highest BCUT2D eigenvalue weighted by Crippen LogP contribution is 2.49. The average molecular weight is 569 g/mol. The van der Waals surface area contributed by atoms with E-state index in [1.165, 1.54) is 0 Å². The van der Waals surface area contributed by atoms with Crippen molar-refractivity contribution in [1.29, 1.82) is 0 Å². The molecule has 2 atom stereocenters. The highest BCUT2D eigenvalue weighted by Gasteiger charge is 2.42. The van der Waals surface area contributed by atoms with E-state index >= 15 is 0 Å². The lowest BCUT2D eigenvalue weighted by molar-refractivity contribution is -0.116. The molecule has 0 radical (unpaired) electrons. The number of amides is 1. The molecule has 0 bridgehead atoms. The fourth-order valence-corrected chi connectivity index (χ4v) is 5.97. The maximum atomic E-state index is 14.1. The fourth-order valence-electron chi connectivity index (χ4n) is 5.97. The highest BCUT2D eigenvalue weighted by atomic mass is 16.5. The first-order valence-corrected chi connectivity index (χ1v) is 13.8. The molecule has 0 unspecified atom stereocenters. The molecule has 0 saturated carbocycles. The Labute approximate surface area is 246 Å². The van der Waals surface area contributed by atoms with Crippen LogP contribution in [0.3, 0.4) is 0 Å². The number of rotatable bonds is 8. The van der Waals surface area contributed by atoms with Crippen molar-refractivity contribution >= 4 is 17.4 Å². The van der Waals surface area contributed by atoms with Crippen molar-refractivity contribution in [3.63, 3.8) is 0 Å². The van der Waals surface area contributed by atoms with Crippen molar-refractivity contribution in [2.45, 2.75) is 38.5 Å². The number of Topliss-reactive ketones (excluding diaryl/α,β-unsaturated/α-hetero) is 1. The van der Waals surface area contributed by atoms with E-state index in [0.29, 0.717) is 57.5 Å². The summed E-state index contributed by atoms with van der Waals surface area (Å²) in [5, 5.41) is 6.48. The van der Waals surface area contributed by atoms with E-state index in [1.54, 1.807) is 34.5 Å². The quantitative estimate of drug-likeness (QED) is 0.343. The molecule has 1 amide bonds. The van der Waals surface area contributed by atoms with Gasteiger partial charge in [-0.05, 0) is 62.1 Å². The lowest BCUT2D eigenvalue weighted by Crippen LogP contribution is -2.37. The Morgan fingerprint density at radius 1 is 0.833 bits per heavy atom. The lowest BCUT2D eigenvalue weighted by Gasteiger charge is -2.37. The summed E-state index contributed by atoms with van der Waals surface area (Å²) in [4.78, 5) is 28.1. The molecule has 218 valence electrons. The van der Waals surface area contributed by atoms with Gasteiger partial charge in [0, 0.05) is 40.2 Å². The number of nitrogens with one attached hydrogen (secondary N) is 2. The van der Waals surface area contributed by atoms with Gasteiger partial charge in [-0.15, -0.1) is 0 Å². The first-order valence-electron chi connectivity index (χ1n) is 13.8. The van der Waals surface area contributed by atoms with E-state index < -0.39 is 5.92 Å². The molecule has 3 aromatic carbocycles. The van der Waals surface area contributed by atoms with Gasteiger partial charge in [-0.25, -0.2) is 0 Å². The largest absolute Gasteiger partial charge is 0.493 e. The van der Waals surface area contributed by atoms with Gasteiger partial charge in [-0.3, -0.25) is 9.59 Å². The molecule has 2 N–H and O–H groups in total. The summed E-state index contributed by atoms with van der Waals surface area (Å²) in [6, 6.07) is 18.9. The van der Waals surface area contributed by atoms with Gasteiger partial charge in [0.15, 0.2) is 28.8 Å². The number of dihydropyridines is 1. The number of anilines is 1. The fraction of sp³-hybridized carbons (Fsp3) is 0.294. The number of ketones is 1. The molecule has 0 saturated heterocycles. The summed E-state index contributed by atoms with van der Waals surface area (Å²) in [5.74, 6) is 1.20. The van der Waals surface area contributed by atoms with Gasteiger partial charge in [0.1, 0.15) is 0 Å². The second-order valence-electron chi connectivity index (χ2n) is 10.5. The maximum absolute atomic E-state index is 14.1. The number of allylic oxidation sites excluding steroid dienone is 3. The van der Waals surface area contributed by atoms with Crippen molar-refractivity contribution < 1.29 is 28.5 Å². The van der Waals surface area contributed by atoms with Crippen LogP contribution in [0.4, 0.5) is 5.69 Å². The van der Waals surface area contributed by atoms with Gasteiger partial charge in [-0.2, -0.15) is 0 Å². The lowest BCUT2D eigenvalue weighted by atomic mass is 9.71. The Bertz CT molecular complexity index is 1590. The Morgan fingerprint density at radius 3 is 2.21 bits per heavy atom. The molecular weight excluding hydrogens is 532 g/mol. The third-order valence-electron chi connectivity index (χ3n) is 8.01. The predicted molar refractivity (Wildman–Crippen MR) is 161 cm³/mol. The summed E-state index contributed by atoms with van der Waals surface area (Å²) in [6.45, 7) is 3.87. The Kier molecular flexibility index (Phi) is 8.24. The molecule has 3 aromatic rings. The maximum Gasteiger partial charge on any atom is 0.254 e. The number of benzene rings is 3. The van der Waals surface area contributed by atoms with E-state index in [2.05, 4.69) is 10.6 Å². The number of carbonyl (C=O) groups is 2. The molecule has 1 aliphatic carbocycles. The Hall–Kier alpha value is -4.72. The van der Waals surface area contributed by atoms with E-state index in [9.17, 15) is 9.59 Å². The molecule has 0 spiro atoms. The number of hydrogen-bond acceptors (Lipinski definition) is 7. The molecule has 5 rings (SSSR count). The summed E-state index contributed by atoms with van der Waals surface area (Å²) in [5.41, 5.74) is 5.93. The minimum Gasteiger partial charge on any atom is -0.493 e. The zero-order valence-electron chi connectivity index (χ0n) is 24.8. The van der Waals surface area contributed by atoms with Crippen LogP contribution in [0.2, 0.25) is 0 Å². The van der Waals surface area contributed by atoms with Gasteiger partial charge in [0.25, 0.3) is 5.91 Å². The van der Waals surface area contributed by atoms with Crippen molar-refractivity contribution in [3.8, 4) is 23.0 Å². The van der Waals surface area contributed by atoms with Gasteiger partial charge in [0.2, 0.25) is 0 Å². The Balaban J connectivity index is 1.60. The summed E-state index contributed by atoms with van der Waals surface area (Å²) in [6.07, 6.45) is 0.869. The molecular formula is C34H36N2O6. The molecule has 1 heterocycles. The van der Waals surface area contributed by atoms with Crippen LogP contribution < -0.4 is 29.6 Å². The van der Waals surface area contributed by atoms with Crippen molar-refractivity contribution in [3.05, 3.63) is 99.9 Å². The zero-order valence-corrected chi connectivity index (χ0v) is 24.8. The summed E-state index contributed by atoms with van der Waals surface area (Å²) < 4.78 is 22.3. The molecule has 0 fully saturated rings. The normalized spacial score (nSPS) is 18.2. The molecule has 42 heavy (non-hydrogen) atoms. The van der Waals surface area contributed by atoms with Crippen LogP contribution in [0.5, 0.6) is 23.0 Å². The zero-order chi connectivity index (χ0) is 30.0. The first-order chi connectivity index (χ1) is 20.3. The van der Waals surface area contributed by atoms with E-state index in [-0.39, 0.29) is 24.0 Å².